The lowest BCUT2D eigenvalue weighted by atomic mass is 10.1. The minimum Gasteiger partial charge on any atom is -0.300 e. The molecule has 23 heavy (non-hydrogen) atoms. The molecule has 0 aliphatic carbocycles. The van der Waals surface area contributed by atoms with E-state index in [1.807, 2.05) is 25.1 Å². The first kappa shape index (κ1) is 15.6. The number of benzene rings is 1. The number of hydrogen-bond donors (Lipinski definition) is 1. The van der Waals surface area contributed by atoms with Gasteiger partial charge in [0.1, 0.15) is 6.54 Å². The van der Waals surface area contributed by atoms with Crippen LogP contribution in [0.3, 0.4) is 0 Å². The van der Waals surface area contributed by atoms with Crippen molar-refractivity contribution in [3.8, 4) is 0 Å². The molecule has 3 rings (SSSR count). The highest BCUT2D eigenvalue weighted by molar-refractivity contribution is 7.15. The molecule has 0 radical (unpaired) electrons. The Kier molecular flexibility index (Phi) is 4.68. The maximum absolute atomic E-state index is 12.1. The van der Waals surface area contributed by atoms with Gasteiger partial charge in [-0.25, -0.2) is 4.98 Å². The Morgan fingerprint density at radius 3 is 2.78 bits per heavy atom. The van der Waals surface area contributed by atoms with Crippen LogP contribution in [-0.4, -0.2) is 15.5 Å². The normalized spacial score (nSPS) is 10.7. The number of amides is 1. The van der Waals surface area contributed by atoms with Crippen molar-refractivity contribution in [3.05, 3.63) is 67.7 Å². The van der Waals surface area contributed by atoms with E-state index in [9.17, 15) is 9.59 Å². The Morgan fingerprint density at radius 1 is 1.30 bits per heavy atom. The van der Waals surface area contributed by atoms with Gasteiger partial charge in [-0.2, -0.15) is 0 Å². The smallest absolute Gasteiger partial charge is 0.300 e. The number of nitrogens with zero attached hydrogens (tertiary/aromatic N) is 2. The molecule has 0 aliphatic heterocycles. The predicted octanol–water partition coefficient (Wildman–Crippen LogP) is 2.90. The van der Waals surface area contributed by atoms with Gasteiger partial charge >= 0.3 is 4.87 Å². The molecule has 2 aromatic heterocycles. The van der Waals surface area contributed by atoms with Gasteiger partial charge in [0, 0.05) is 28.6 Å². The quantitative estimate of drug-likeness (QED) is 0.773. The summed E-state index contributed by atoms with van der Waals surface area (Å²) in [5.41, 5.74) is 1.99. The van der Waals surface area contributed by atoms with E-state index in [2.05, 4.69) is 22.4 Å². The van der Waals surface area contributed by atoms with Crippen LogP contribution in [0.1, 0.15) is 16.1 Å². The molecule has 5 nitrogen and oxygen atoms in total. The average molecular weight is 345 g/mol. The fourth-order valence-electron chi connectivity index (χ4n) is 2.14. The molecule has 2 heterocycles. The minimum absolute atomic E-state index is 0.0156. The van der Waals surface area contributed by atoms with Crippen molar-refractivity contribution < 1.29 is 4.79 Å². The number of carbonyl (C=O) groups excluding carboxylic acids is 1. The topological polar surface area (TPSA) is 64.0 Å². The third kappa shape index (κ3) is 3.94. The SMILES string of the molecule is Cc1csc(=O)n1CC(=O)Nc1ncc(Cc2ccccc2)s1. The van der Waals surface area contributed by atoms with Crippen LogP contribution in [0.2, 0.25) is 0 Å². The highest BCUT2D eigenvalue weighted by Crippen LogP contribution is 2.21. The van der Waals surface area contributed by atoms with Gasteiger partial charge in [-0.15, -0.1) is 11.3 Å². The number of carbonyl (C=O) groups is 1. The van der Waals surface area contributed by atoms with E-state index >= 15 is 0 Å². The molecule has 1 N–H and O–H groups in total. The van der Waals surface area contributed by atoms with Crippen molar-refractivity contribution in [1.82, 2.24) is 9.55 Å². The molecular formula is C16H15N3O2S2. The van der Waals surface area contributed by atoms with Crippen molar-refractivity contribution in [2.24, 2.45) is 0 Å². The van der Waals surface area contributed by atoms with Crippen molar-refractivity contribution in [2.75, 3.05) is 5.32 Å². The summed E-state index contributed by atoms with van der Waals surface area (Å²) in [6.45, 7) is 1.83. The summed E-state index contributed by atoms with van der Waals surface area (Å²) < 4.78 is 1.46. The summed E-state index contributed by atoms with van der Waals surface area (Å²) in [7, 11) is 0. The molecule has 0 aliphatic rings. The lowest BCUT2D eigenvalue weighted by molar-refractivity contribution is -0.116. The zero-order chi connectivity index (χ0) is 16.2. The van der Waals surface area contributed by atoms with Crippen molar-refractivity contribution >= 4 is 33.7 Å². The van der Waals surface area contributed by atoms with Gasteiger partial charge in [-0.05, 0) is 12.5 Å². The number of aromatic nitrogens is 2. The van der Waals surface area contributed by atoms with Crippen molar-refractivity contribution in [1.29, 1.82) is 0 Å². The van der Waals surface area contributed by atoms with E-state index in [0.717, 1.165) is 28.3 Å². The van der Waals surface area contributed by atoms with Crippen LogP contribution in [-0.2, 0) is 17.8 Å². The molecule has 118 valence electrons. The zero-order valence-corrected chi connectivity index (χ0v) is 14.1. The molecule has 0 unspecified atom stereocenters. The number of nitrogens with one attached hydrogen (secondary N) is 1. The van der Waals surface area contributed by atoms with Crippen LogP contribution in [0.4, 0.5) is 5.13 Å². The van der Waals surface area contributed by atoms with Crippen LogP contribution in [0.5, 0.6) is 0 Å². The van der Waals surface area contributed by atoms with Crippen molar-refractivity contribution in [2.45, 2.75) is 19.9 Å². The molecule has 0 saturated carbocycles. The van der Waals surface area contributed by atoms with Gasteiger partial charge in [0.15, 0.2) is 5.13 Å². The maximum Gasteiger partial charge on any atom is 0.307 e. The fourth-order valence-corrected chi connectivity index (χ4v) is 3.74. The Morgan fingerprint density at radius 2 is 2.09 bits per heavy atom. The Labute approximate surface area is 141 Å². The number of aryl methyl sites for hydroxylation is 1. The minimum atomic E-state index is -0.241. The summed E-state index contributed by atoms with van der Waals surface area (Å²) in [4.78, 5) is 28.9. The fraction of sp³-hybridized carbons (Fsp3) is 0.188. The molecule has 0 spiro atoms. The number of hydrogen-bond acceptors (Lipinski definition) is 5. The number of anilines is 1. The van der Waals surface area contributed by atoms with Gasteiger partial charge in [0.2, 0.25) is 5.91 Å². The zero-order valence-electron chi connectivity index (χ0n) is 12.5. The molecule has 0 saturated heterocycles. The molecule has 1 amide bonds. The molecule has 7 heteroatoms. The van der Waals surface area contributed by atoms with Gasteiger partial charge < -0.3 is 5.32 Å². The van der Waals surface area contributed by atoms with E-state index in [-0.39, 0.29) is 17.3 Å². The first-order valence-electron chi connectivity index (χ1n) is 7.05. The summed E-state index contributed by atoms with van der Waals surface area (Å²) in [6, 6.07) is 10.1. The first-order chi connectivity index (χ1) is 11.1. The standard InChI is InChI=1S/C16H15N3O2S2/c1-11-10-22-16(21)19(11)9-14(20)18-15-17-8-13(23-15)7-12-5-3-2-4-6-12/h2-6,8,10H,7,9H2,1H3,(H,17,18,20). The summed E-state index contributed by atoms with van der Waals surface area (Å²) in [5.74, 6) is -0.241. The van der Waals surface area contributed by atoms with Crippen LogP contribution in [0.25, 0.3) is 0 Å². The lowest BCUT2D eigenvalue weighted by Crippen LogP contribution is -2.25. The monoisotopic (exact) mass is 345 g/mol. The average Bonchev–Trinajstić information content (AvgIpc) is 3.09. The van der Waals surface area contributed by atoms with Gasteiger partial charge in [0.25, 0.3) is 0 Å². The van der Waals surface area contributed by atoms with Crippen LogP contribution in [0, 0.1) is 6.92 Å². The first-order valence-corrected chi connectivity index (χ1v) is 8.75. The predicted molar refractivity (Wildman–Crippen MR) is 93.3 cm³/mol. The van der Waals surface area contributed by atoms with Gasteiger partial charge in [-0.1, -0.05) is 41.7 Å². The van der Waals surface area contributed by atoms with Crippen LogP contribution >= 0.6 is 22.7 Å². The second-order valence-electron chi connectivity index (χ2n) is 5.07. The Balaban J connectivity index is 1.62. The van der Waals surface area contributed by atoms with E-state index in [0.29, 0.717) is 5.13 Å². The molecule has 0 atom stereocenters. The molecule has 0 bridgehead atoms. The molecular weight excluding hydrogens is 330 g/mol. The number of rotatable bonds is 5. The highest BCUT2D eigenvalue weighted by atomic mass is 32.1. The molecule has 1 aromatic carbocycles. The summed E-state index contributed by atoms with van der Waals surface area (Å²) in [6.07, 6.45) is 2.56. The highest BCUT2D eigenvalue weighted by Gasteiger charge is 2.11. The summed E-state index contributed by atoms with van der Waals surface area (Å²) >= 11 is 2.55. The van der Waals surface area contributed by atoms with Crippen LogP contribution < -0.4 is 10.2 Å². The Hall–Kier alpha value is -2.25. The third-order valence-electron chi connectivity index (χ3n) is 3.30. The Bertz CT molecular complexity index is 865. The number of thiazole rings is 2. The van der Waals surface area contributed by atoms with Crippen LogP contribution in [0.15, 0.2) is 46.7 Å². The van der Waals surface area contributed by atoms with E-state index in [1.54, 1.807) is 11.6 Å². The lowest BCUT2D eigenvalue weighted by Gasteiger charge is -2.03. The van der Waals surface area contributed by atoms with Crippen molar-refractivity contribution in [3.63, 3.8) is 0 Å². The maximum atomic E-state index is 12.1. The summed E-state index contributed by atoms with van der Waals surface area (Å²) in [5, 5.41) is 5.06. The van der Waals surface area contributed by atoms with E-state index in [1.165, 1.54) is 21.5 Å². The second-order valence-corrected chi connectivity index (χ2v) is 7.01. The van der Waals surface area contributed by atoms with Gasteiger partial charge in [-0.3, -0.25) is 14.2 Å². The van der Waals surface area contributed by atoms with E-state index < -0.39 is 0 Å². The largest absolute Gasteiger partial charge is 0.307 e. The second kappa shape index (κ2) is 6.89. The molecule has 0 fully saturated rings. The molecule has 3 aromatic rings. The van der Waals surface area contributed by atoms with E-state index in [4.69, 9.17) is 0 Å². The third-order valence-corrected chi connectivity index (χ3v) is 5.09. The van der Waals surface area contributed by atoms with Gasteiger partial charge in [0.05, 0.1) is 0 Å².